The molecule has 0 saturated heterocycles. The van der Waals surface area contributed by atoms with Gasteiger partial charge in [0.2, 0.25) is 6.41 Å². The van der Waals surface area contributed by atoms with E-state index in [0.717, 1.165) is 43.4 Å². The molecule has 0 aromatic heterocycles. The summed E-state index contributed by atoms with van der Waals surface area (Å²) in [6, 6.07) is 0.289. The van der Waals surface area contributed by atoms with Gasteiger partial charge in [0.05, 0.1) is 26.2 Å². The molecule has 0 aliphatic heterocycles. The van der Waals surface area contributed by atoms with Gasteiger partial charge in [-0.1, -0.05) is 6.58 Å². The van der Waals surface area contributed by atoms with Crippen molar-refractivity contribution in [2.24, 2.45) is 0 Å². The summed E-state index contributed by atoms with van der Waals surface area (Å²) >= 11 is 0. The van der Waals surface area contributed by atoms with Crippen LogP contribution in [0.3, 0.4) is 0 Å². The van der Waals surface area contributed by atoms with Crippen LogP contribution in [0.5, 0.6) is 0 Å². The van der Waals surface area contributed by atoms with Crippen molar-refractivity contribution in [2.75, 3.05) is 26.2 Å². The Morgan fingerprint density at radius 3 is 2.44 bits per heavy atom. The molecule has 0 radical (unpaired) electrons. The lowest BCUT2D eigenvalue weighted by molar-refractivity contribution is -0.919. The molecule has 1 atom stereocenters. The van der Waals surface area contributed by atoms with E-state index in [-0.39, 0.29) is 6.04 Å². The largest absolute Gasteiger partial charge is 0.356 e. The van der Waals surface area contributed by atoms with Gasteiger partial charge in [-0.15, -0.1) is 0 Å². The Labute approximate surface area is 100 Å². The molecular weight excluding hydrogens is 200 g/mol. The summed E-state index contributed by atoms with van der Waals surface area (Å²) in [7, 11) is 0. The van der Waals surface area contributed by atoms with E-state index < -0.39 is 0 Å². The number of rotatable bonds is 10. The maximum absolute atomic E-state index is 10.3. The zero-order chi connectivity index (χ0) is 12.4. The zero-order valence-electron chi connectivity index (χ0n) is 11.0. The van der Waals surface area contributed by atoms with E-state index in [1.54, 1.807) is 0 Å². The fourth-order valence-electron chi connectivity index (χ4n) is 2.10. The molecule has 0 saturated carbocycles. The molecular formula is C13H27N2O+. The third-order valence-corrected chi connectivity index (χ3v) is 3.48. The number of nitrogens with one attached hydrogen (secondary N) is 1. The Morgan fingerprint density at radius 1 is 1.38 bits per heavy atom. The number of hydrogen-bond acceptors (Lipinski definition) is 1. The number of hydrogen-bond donors (Lipinski definition) is 1. The van der Waals surface area contributed by atoms with Gasteiger partial charge < -0.3 is 9.80 Å². The lowest BCUT2D eigenvalue weighted by Crippen LogP contribution is -2.48. The van der Waals surface area contributed by atoms with Crippen LogP contribution in [-0.2, 0) is 4.79 Å². The minimum absolute atomic E-state index is 0.289. The van der Waals surface area contributed by atoms with Crippen molar-refractivity contribution < 1.29 is 9.28 Å². The quantitative estimate of drug-likeness (QED) is 0.345. The summed E-state index contributed by atoms with van der Waals surface area (Å²) in [5.41, 5.74) is 0. The van der Waals surface area contributed by atoms with E-state index in [4.69, 9.17) is 0 Å². The zero-order valence-corrected chi connectivity index (χ0v) is 11.0. The number of carbonyl (C=O) groups excluding carboxylic acids is 1. The van der Waals surface area contributed by atoms with Gasteiger partial charge in [-0.25, -0.2) is 0 Å². The Balaban J connectivity index is 4.01. The van der Waals surface area contributed by atoms with E-state index in [1.165, 1.54) is 6.54 Å². The first-order chi connectivity index (χ1) is 7.64. The van der Waals surface area contributed by atoms with Crippen molar-refractivity contribution in [2.45, 2.75) is 39.7 Å². The van der Waals surface area contributed by atoms with Gasteiger partial charge in [0, 0.05) is 6.04 Å². The summed E-state index contributed by atoms with van der Waals surface area (Å²) in [6.45, 7) is 14.9. The predicted octanol–water partition coefficient (Wildman–Crippen LogP) is 1.94. The van der Waals surface area contributed by atoms with Crippen LogP contribution in [0.2, 0.25) is 0 Å². The lowest BCUT2D eigenvalue weighted by atomic mass is 10.1. The maximum atomic E-state index is 10.3. The Hall–Kier alpha value is -0.830. The topological polar surface area (TPSA) is 29.1 Å². The van der Waals surface area contributed by atoms with E-state index in [2.05, 4.69) is 32.7 Å². The lowest BCUT2D eigenvalue weighted by Gasteiger charge is -2.36. The highest BCUT2D eigenvalue weighted by molar-refractivity contribution is 5.46. The number of amides is 1. The van der Waals surface area contributed by atoms with Crippen molar-refractivity contribution in [1.29, 1.82) is 0 Å². The minimum atomic E-state index is 0.289. The van der Waals surface area contributed by atoms with Gasteiger partial charge in [-0.2, -0.15) is 0 Å². The van der Waals surface area contributed by atoms with Crippen LogP contribution in [-0.4, -0.2) is 43.1 Å². The molecule has 1 amide bonds. The van der Waals surface area contributed by atoms with Gasteiger partial charge in [0.25, 0.3) is 0 Å². The van der Waals surface area contributed by atoms with Gasteiger partial charge in [0.1, 0.15) is 0 Å². The van der Waals surface area contributed by atoms with Crippen molar-refractivity contribution in [3.63, 3.8) is 0 Å². The smallest absolute Gasteiger partial charge is 0.207 e. The molecule has 0 aliphatic rings. The molecule has 0 aliphatic carbocycles. The summed E-state index contributed by atoms with van der Waals surface area (Å²) in [5.74, 6) is 0. The second kappa shape index (κ2) is 8.34. The van der Waals surface area contributed by atoms with E-state index in [0.29, 0.717) is 0 Å². The van der Waals surface area contributed by atoms with Crippen LogP contribution in [0, 0.1) is 0 Å². The number of carbonyl (C=O) groups is 1. The van der Waals surface area contributed by atoms with E-state index >= 15 is 0 Å². The molecule has 94 valence electrons. The average molecular weight is 227 g/mol. The average Bonchev–Trinajstić information content (AvgIpc) is 2.28. The SMILES string of the molecule is C=CC[N+](CC)(CC)CCCC(C)NC=O. The number of likely N-dealkylation sites (N-methyl/N-ethyl adjacent to an activating group) is 1. The van der Waals surface area contributed by atoms with E-state index in [1.807, 2.05) is 6.08 Å². The fourth-order valence-corrected chi connectivity index (χ4v) is 2.10. The fraction of sp³-hybridized carbons (Fsp3) is 0.769. The Morgan fingerprint density at radius 2 is 2.00 bits per heavy atom. The van der Waals surface area contributed by atoms with Crippen LogP contribution in [0.15, 0.2) is 12.7 Å². The third kappa shape index (κ3) is 5.31. The molecule has 0 aromatic rings. The summed E-state index contributed by atoms with van der Waals surface area (Å²) < 4.78 is 1.11. The predicted molar refractivity (Wildman–Crippen MR) is 69.2 cm³/mol. The molecule has 3 nitrogen and oxygen atoms in total. The van der Waals surface area contributed by atoms with Crippen molar-refractivity contribution >= 4 is 6.41 Å². The molecule has 1 unspecified atom stereocenters. The molecule has 0 aromatic carbocycles. The maximum Gasteiger partial charge on any atom is 0.207 e. The third-order valence-electron chi connectivity index (χ3n) is 3.48. The molecule has 16 heavy (non-hydrogen) atoms. The van der Waals surface area contributed by atoms with Gasteiger partial charge in [0.15, 0.2) is 0 Å². The standard InChI is InChI=1S/C13H26N2O/c1-5-10-15(6-2,7-3)11-8-9-13(4)14-12-16/h5,12-13H,1,6-11H2,2-4H3/p+1. The minimum Gasteiger partial charge on any atom is -0.356 e. The summed E-state index contributed by atoms with van der Waals surface area (Å²) in [5, 5.41) is 2.79. The number of nitrogens with zero attached hydrogens (tertiary/aromatic N) is 1. The molecule has 0 rings (SSSR count). The van der Waals surface area contributed by atoms with Gasteiger partial charge >= 0.3 is 0 Å². The second-order valence-corrected chi connectivity index (χ2v) is 4.50. The van der Waals surface area contributed by atoms with Crippen molar-refractivity contribution in [3.05, 3.63) is 12.7 Å². The summed E-state index contributed by atoms with van der Waals surface area (Å²) in [4.78, 5) is 10.3. The normalized spacial score (nSPS) is 13.2. The molecule has 1 N–H and O–H groups in total. The molecule has 0 fully saturated rings. The molecule has 0 bridgehead atoms. The van der Waals surface area contributed by atoms with Gasteiger partial charge in [-0.05, 0) is 39.7 Å². The first-order valence-corrected chi connectivity index (χ1v) is 6.29. The molecule has 0 spiro atoms. The Kier molecular flexibility index (Phi) is 7.90. The monoisotopic (exact) mass is 227 g/mol. The highest BCUT2D eigenvalue weighted by Crippen LogP contribution is 2.10. The summed E-state index contributed by atoms with van der Waals surface area (Å²) in [6.07, 6.45) is 5.00. The van der Waals surface area contributed by atoms with Crippen LogP contribution in [0.1, 0.15) is 33.6 Å². The van der Waals surface area contributed by atoms with E-state index in [9.17, 15) is 4.79 Å². The van der Waals surface area contributed by atoms with Crippen LogP contribution in [0.25, 0.3) is 0 Å². The molecule has 0 heterocycles. The van der Waals surface area contributed by atoms with Crippen molar-refractivity contribution in [3.8, 4) is 0 Å². The highest BCUT2D eigenvalue weighted by Gasteiger charge is 2.20. The van der Waals surface area contributed by atoms with Crippen LogP contribution >= 0.6 is 0 Å². The second-order valence-electron chi connectivity index (χ2n) is 4.50. The first-order valence-electron chi connectivity index (χ1n) is 6.29. The number of quaternary nitrogens is 1. The van der Waals surface area contributed by atoms with Crippen molar-refractivity contribution in [1.82, 2.24) is 5.32 Å². The van der Waals surface area contributed by atoms with Gasteiger partial charge in [-0.3, -0.25) is 4.79 Å². The highest BCUT2D eigenvalue weighted by atomic mass is 16.1. The first kappa shape index (κ1) is 15.2. The van der Waals surface area contributed by atoms with Crippen LogP contribution in [0.4, 0.5) is 0 Å². The van der Waals surface area contributed by atoms with Crippen LogP contribution < -0.4 is 5.32 Å². The Bertz CT molecular complexity index is 200. The molecule has 3 heteroatoms.